The lowest BCUT2D eigenvalue weighted by Crippen LogP contribution is -2.47. The molecule has 1 aliphatic rings. The molecule has 1 saturated heterocycles. The summed E-state index contributed by atoms with van der Waals surface area (Å²) in [5.41, 5.74) is 0.762. The van der Waals surface area contributed by atoms with Gasteiger partial charge in [0, 0.05) is 25.7 Å². The van der Waals surface area contributed by atoms with Crippen LogP contribution in [-0.4, -0.2) is 66.5 Å². The first-order chi connectivity index (χ1) is 11.9. The Morgan fingerprint density at radius 1 is 1.32 bits per heavy atom. The van der Waals surface area contributed by atoms with Gasteiger partial charge in [-0.3, -0.25) is 14.4 Å². The second-order valence-electron chi connectivity index (χ2n) is 6.26. The smallest absolute Gasteiger partial charge is 0.308 e. The van der Waals surface area contributed by atoms with E-state index in [1.807, 2.05) is 18.2 Å². The van der Waals surface area contributed by atoms with Crippen molar-refractivity contribution >= 4 is 17.8 Å². The highest BCUT2D eigenvalue weighted by molar-refractivity contribution is 5.86. The van der Waals surface area contributed by atoms with E-state index in [2.05, 4.69) is 0 Å². The number of para-hydroxylation sites is 1. The number of likely N-dealkylation sites (N-methyl/N-ethyl adjacent to an activating group) is 1. The first-order valence-electron chi connectivity index (χ1n) is 8.28. The summed E-state index contributed by atoms with van der Waals surface area (Å²) >= 11 is 0. The van der Waals surface area contributed by atoms with Crippen LogP contribution in [0.3, 0.4) is 0 Å². The van der Waals surface area contributed by atoms with Gasteiger partial charge in [-0.2, -0.15) is 0 Å². The standard InChI is InChI=1S/C18H24N2O5/c1-19(16(21)10-13-6-3-4-8-15(13)25-2)12-17(22)20-9-5-7-14(11-20)18(23)24/h3-4,6,8,14H,5,7,9-12H2,1-2H3,(H,23,24). The van der Waals surface area contributed by atoms with Crippen molar-refractivity contribution in [1.82, 2.24) is 9.80 Å². The maximum atomic E-state index is 12.4. The minimum Gasteiger partial charge on any atom is -0.496 e. The van der Waals surface area contributed by atoms with Gasteiger partial charge >= 0.3 is 5.97 Å². The maximum absolute atomic E-state index is 12.4. The number of rotatable bonds is 6. The van der Waals surface area contributed by atoms with Crippen LogP contribution in [0.4, 0.5) is 0 Å². The van der Waals surface area contributed by atoms with E-state index in [0.717, 1.165) is 5.56 Å². The van der Waals surface area contributed by atoms with Gasteiger partial charge in [0.25, 0.3) is 0 Å². The predicted octanol–water partition coefficient (Wildman–Crippen LogP) is 1.02. The normalized spacial score (nSPS) is 17.0. The van der Waals surface area contributed by atoms with Gasteiger partial charge in [-0.05, 0) is 18.9 Å². The van der Waals surface area contributed by atoms with Gasteiger partial charge < -0.3 is 19.6 Å². The molecule has 1 aromatic carbocycles. The molecule has 0 aromatic heterocycles. The quantitative estimate of drug-likeness (QED) is 0.829. The number of carboxylic acid groups (broad SMARTS) is 1. The van der Waals surface area contributed by atoms with Crippen LogP contribution < -0.4 is 4.74 Å². The number of amides is 2. The summed E-state index contributed by atoms with van der Waals surface area (Å²) in [6.07, 6.45) is 1.40. The van der Waals surface area contributed by atoms with Crippen LogP contribution in [0.2, 0.25) is 0 Å². The summed E-state index contributed by atoms with van der Waals surface area (Å²) in [6, 6.07) is 7.26. The Labute approximate surface area is 147 Å². The Bertz CT molecular complexity index is 646. The second-order valence-corrected chi connectivity index (χ2v) is 6.26. The number of aliphatic carboxylic acids is 1. The van der Waals surface area contributed by atoms with Crippen LogP contribution in [0.15, 0.2) is 24.3 Å². The van der Waals surface area contributed by atoms with Crippen LogP contribution in [-0.2, 0) is 20.8 Å². The molecule has 136 valence electrons. The molecule has 0 saturated carbocycles. The molecule has 7 nitrogen and oxygen atoms in total. The Balaban J connectivity index is 1.92. The lowest BCUT2D eigenvalue weighted by molar-refractivity contribution is -0.147. The average Bonchev–Trinajstić information content (AvgIpc) is 2.62. The number of likely N-dealkylation sites (tertiary alicyclic amines) is 1. The molecule has 2 rings (SSSR count). The Morgan fingerprint density at radius 3 is 2.72 bits per heavy atom. The summed E-state index contributed by atoms with van der Waals surface area (Å²) < 4.78 is 5.23. The molecule has 1 atom stereocenters. The largest absolute Gasteiger partial charge is 0.496 e. The third kappa shape index (κ3) is 4.95. The van der Waals surface area contributed by atoms with E-state index in [1.165, 1.54) is 9.80 Å². The highest BCUT2D eigenvalue weighted by Crippen LogP contribution is 2.19. The Hall–Kier alpha value is -2.57. The van der Waals surface area contributed by atoms with E-state index in [4.69, 9.17) is 9.84 Å². The van der Waals surface area contributed by atoms with Crippen LogP contribution in [0, 0.1) is 5.92 Å². The van der Waals surface area contributed by atoms with Crippen molar-refractivity contribution in [1.29, 1.82) is 0 Å². The Kier molecular flexibility index (Phi) is 6.38. The van der Waals surface area contributed by atoms with E-state index >= 15 is 0 Å². The topological polar surface area (TPSA) is 87.2 Å². The van der Waals surface area contributed by atoms with Gasteiger partial charge in [0.1, 0.15) is 5.75 Å². The van der Waals surface area contributed by atoms with Gasteiger partial charge in [-0.1, -0.05) is 18.2 Å². The number of carbonyl (C=O) groups excluding carboxylic acids is 2. The highest BCUT2D eigenvalue weighted by Gasteiger charge is 2.29. The number of piperidine rings is 1. The molecule has 7 heteroatoms. The minimum absolute atomic E-state index is 0.0552. The van der Waals surface area contributed by atoms with Gasteiger partial charge in [-0.25, -0.2) is 0 Å². The number of methoxy groups -OCH3 is 1. The number of carboxylic acids is 1. The average molecular weight is 348 g/mol. The van der Waals surface area contributed by atoms with Crippen molar-refractivity contribution in [2.24, 2.45) is 5.92 Å². The van der Waals surface area contributed by atoms with Crippen LogP contribution >= 0.6 is 0 Å². The van der Waals surface area contributed by atoms with Gasteiger partial charge in [-0.15, -0.1) is 0 Å². The van der Waals surface area contributed by atoms with Gasteiger partial charge in [0.2, 0.25) is 11.8 Å². The zero-order chi connectivity index (χ0) is 18.4. The van der Waals surface area contributed by atoms with E-state index < -0.39 is 11.9 Å². The number of hydrogen-bond acceptors (Lipinski definition) is 4. The van der Waals surface area contributed by atoms with E-state index in [9.17, 15) is 14.4 Å². The van der Waals surface area contributed by atoms with Gasteiger partial charge in [0.05, 0.1) is 26.0 Å². The summed E-state index contributed by atoms with van der Waals surface area (Å²) in [7, 11) is 3.13. The van der Waals surface area contributed by atoms with Crippen molar-refractivity contribution < 1.29 is 24.2 Å². The molecule has 1 aliphatic heterocycles. The lowest BCUT2D eigenvalue weighted by atomic mass is 9.98. The predicted molar refractivity (Wildman–Crippen MR) is 91.3 cm³/mol. The molecule has 0 radical (unpaired) electrons. The van der Waals surface area contributed by atoms with Crippen molar-refractivity contribution in [3.63, 3.8) is 0 Å². The van der Waals surface area contributed by atoms with Crippen molar-refractivity contribution in [3.8, 4) is 5.75 Å². The fourth-order valence-corrected chi connectivity index (χ4v) is 2.94. The van der Waals surface area contributed by atoms with Crippen LogP contribution in [0.1, 0.15) is 18.4 Å². The molecular formula is C18H24N2O5. The molecule has 1 unspecified atom stereocenters. The SMILES string of the molecule is COc1ccccc1CC(=O)N(C)CC(=O)N1CCCC(C(=O)O)C1. The summed E-state index contributed by atoms with van der Waals surface area (Å²) in [5, 5.41) is 9.11. The van der Waals surface area contributed by atoms with Crippen molar-refractivity contribution in [3.05, 3.63) is 29.8 Å². The number of benzene rings is 1. The summed E-state index contributed by atoms with van der Waals surface area (Å²) in [5.74, 6) is -1.17. The molecule has 1 aromatic rings. The maximum Gasteiger partial charge on any atom is 0.308 e. The van der Waals surface area contributed by atoms with Crippen LogP contribution in [0.25, 0.3) is 0 Å². The Morgan fingerprint density at radius 2 is 2.04 bits per heavy atom. The molecule has 1 N–H and O–H groups in total. The van der Waals surface area contributed by atoms with E-state index in [-0.39, 0.29) is 31.3 Å². The number of hydrogen-bond donors (Lipinski definition) is 1. The molecule has 0 aliphatic carbocycles. The summed E-state index contributed by atoms with van der Waals surface area (Å²) in [4.78, 5) is 38.8. The molecule has 1 fully saturated rings. The van der Waals surface area contributed by atoms with Gasteiger partial charge in [0.15, 0.2) is 0 Å². The molecule has 0 bridgehead atoms. The fourth-order valence-electron chi connectivity index (χ4n) is 2.94. The highest BCUT2D eigenvalue weighted by atomic mass is 16.5. The molecule has 2 amide bonds. The molecule has 1 heterocycles. The van der Waals surface area contributed by atoms with Crippen molar-refractivity contribution in [2.75, 3.05) is 33.8 Å². The zero-order valence-electron chi connectivity index (χ0n) is 14.6. The molecule has 0 spiro atoms. The second kappa shape index (κ2) is 8.50. The summed E-state index contributed by atoms with van der Waals surface area (Å²) in [6.45, 7) is 0.695. The van der Waals surface area contributed by atoms with Crippen molar-refractivity contribution in [2.45, 2.75) is 19.3 Å². The lowest BCUT2D eigenvalue weighted by Gasteiger charge is -2.32. The fraction of sp³-hybridized carbons (Fsp3) is 0.500. The zero-order valence-corrected chi connectivity index (χ0v) is 14.6. The molecule has 25 heavy (non-hydrogen) atoms. The minimum atomic E-state index is -0.877. The van der Waals surface area contributed by atoms with E-state index in [1.54, 1.807) is 20.2 Å². The monoisotopic (exact) mass is 348 g/mol. The third-order valence-electron chi connectivity index (χ3n) is 4.46. The molecular weight excluding hydrogens is 324 g/mol. The first kappa shape index (κ1) is 18.8. The third-order valence-corrected chi connectivity index (χ3v) is 4.46. The first-order valence-corrected chi connectivity index (χ1v) is 8.28. The number of nitrogens with zero attached hydrogens (tertiary/aromatic N) is 2. The van der Waals surface area contributed by atoms with Crippen LogP contribution in [0.5, 0.6) is 5.75 Å². The van der Waals surface area contributed by atoms with E-state index in [0.29, 0.717) is 25.1 Å². The number of ether oxygens (including phenoxy) is 1. The number of carbonyl (C=O) groups is 3.